The molecule has 0 radical (unpaired) electrons. The van der Waals surface area contributed by atoms with Crippen molar-refractivity contribution in [2.45, 2.75) is 43.9 Å². The molecule has 2 aliphatic rings. The van der Waals surface area contributed by atoms with Crippen LogP contribution in [0.1, 0.15) is 37.4 Å². The van der Waals surface area contributed by atoms with Gasteiger partial charge >= 0.3 is 0 Å². The van der Waals surface area contributed by atoms with Gasteiger partial charge in [0, 0.05) is 6.61 Å². The Kier molecular flexibility index (Phi) is 4.33. The fraction of sp³-hybridized carbons (Fsp3) is 0.562. The van der Waals surface area contributed by atoms with Gasteiger partial charge in [0.25, 0.3) is 0 Å². The summed E-state index contributed by atoms with van der Waals surface area (Å²) in [6, 6.07) is 10.2. The maximum absolute atomic E-state index is 12.3. The van der Waals surface area contributed by atoms with Crippen molar-refractivity contribution >= 4 is 5.91 Å². The largest absolute Gasteiger partial charge is 0.371 e. The van der Waals surface area contributed by atoms with Gasteiger partial charge in [-0.15, -0.1) is 0 Å². The minimum Gasteiger partial charge on any atom is -0.371 e. The molecule has 0 saturated carbocycles. The van der Waals surface area contributed by atoms with Crippen LogP contribution in [-0.4, -0.2) is 31.1 Å². The van der Waals surface area contributed by atoms with Gasteiger partial charge < -0.3 is 15.4 Å². The minimum atomic E-state index is -0.0271. The van der Waals surface area contributed by atoms with Crippen LogP contribution in [0.5, 0.6) is 0 Å². The van der Waals surface area contributed by atoms with Crippen molar-refractivity contribution in [2.75, 3.05) is 13.2 Å². The van der Waals surface area contributed by atoms with Crippen LogP contribution in [-0.2, 0) is 9.53 Å². The zero-order chi connectivity index (χ0) is 13.8. The van der Waals surface area contributed by atoms with Crippen LogP contribution in [0, 0.1) is 0 Å². The lowest BCUT2D eigenvalue weighted by Crippen LogP contribution is -2.50. The van der Waals surface area contributed by atoms with E-state index in [2.05, 4.69) is 22.8 Å². The van der Waals surface area contributed by atoms with Crippen LogP contribution in [0.4, 0.5) is 0 Å². The van der Waals surface area contributed by atoms with Gasteiger partial charge in [-0.3, -0.25) is 4.79 Å². The normalized spacial score (nSPS) is 30.1. The monoisotopic (exact) mass is 274 g/mol. The highest BCUT2D eigenvalue weighted by atomic mass is 16.5. The summed E-state index contributed by atoms with van der Waals surface area (Å²) in [7, 11) is 0. The summed E-state index contributed by atoms with van der Waals surface area (Å²) in [6.45, 7) is 1.66. The SMILES string of the molecule is O=C(NC1CCOC1c1ccccc1)C1CCCCN1. The highest BCUT2D eigenvalue weighted by Crippen LogP contribution is 2.29. The van der Waals surface area contributed by atoms with E-state index in [1.54, 1.807) is 0 Å². The number of nitrogens with one attached hydrogen (secondary N) is 2. The number of hydrogen-bond acceptors (Lipinski definition) is 3. The lowest BCUT2D eigenvalue weighted by molar-refractivity contribution is -0.124. The fourth-order valence-electron chi connectivity index (χ4n) is 3.07. The summed E-state index contributed by atoms with van der Waals surface area (Å²) in [5, 5.41) is 6.47. The number of carbonyl (C=O) groups excluding carboxylic acids is 1. The van der Waals surface area contributed by atoms with Crippen molar-refractivity contribution in [1.82, 2.24) is 10.6 Å². The molecule has 108 valence electrons. The summed E-state index contributed by atoms with van der Waals surface area (Å²) in [4.78, 5) is 12.3. The molecule has 0 bridgehead atoms. The van der Waals surface area contributed by atoms with Crippen molar-refractivity contribution in [2.24, 2.45) is 0 Å². The number of rotatable bonds is 3. The van der Waals surface area contributed by atoms with Gasteiger partial charge in [0.2, 0.25) is 5.91 Å². The Morgan fingerprint density at radius 3 is 2.80 bits per heavy atom. The third-order valence-corrected chi connectivity index (χ3v) is 4.17. The van der Waals surface area contributed by atoms with E-state index in [0.29, 0.717) is 6.61 Å². The van der Waals surface area contributed by atoms with Gasteiger partial charge in [-0.1, -0.05) is 36.8 Å². The second-order valence-electron chi connectivity index (χ2n) is 5.61. The molecule has 3 rings (SSSR count). The molecule has 20 heavy (non-hydrogen) atoms. The zero-order valence-electron chi connectivity index (χ0n) is 11.7. The molecule has 3 atom stereocenters. The molecule has 2 N–H and O–H groups in total. The first-order valence-corrected chi connectivity index (χ1v) is 7.55. The molecule has 2 fully saturated rings. The third kappa shape index (κ3) is 3.02. The van der Waals surface area contributed by atoms with Crippen molar-refractivity contribution in [3.8, 4) is 0 Å². The number of piperidine rings is 1. The Morgan fingerprint density at radius 2 is 2.05 bits per heavy atom. The number of carbonyl (C=O) groups is 1. The van der Waals surface area contributed by atoms with Crippen molar-refractivity contribution in [1.29, 1.82) is 0 Å². The second kappa shape index (κ2) is 6.37. The molecular formula is C16H22N2O2. The van der Waals surface area contributed by atoms with Crippen LogP contribution in [0.15, 0.2) is 30.3 Å². The van der Waals surface area contributed by atoms with Crippen LogP contribution in [0.25, 0.3) is 0 Å². The van der Waals surface area contributed by atoms with Gasteiger partial charge in [0.1, 0.15) is 6.10 Å². The number of ether oxygens (including phenoxy) is 1. The Balaban J connectivity index is 1.62. The van der Waals surface area contributed by atoms with Gasteiger partial charge in [-0.2, -0.15) is 0 Å². The molecule has 4 heteroatoms. The van der Waals surface area contributed by atoms with Crippen molar-refractivity contribution in [3.05, 3.63) is 35.9 Å². The van der Waals surface area contributed by atoms with E-state index in [1.165, 1.54) is 6.42 Å². The van der Waals surface area contributed by atoms with E-state index in [-0.39, 0.29) is 24.1 Å². The van der Waals surface area contributed by atoms with Gasteiger partial charge in [-0.25, -0.2) is 0 Å². The first-order chi connectivity index (χ1) is 9.84. The zero-order valence-corrected chi connectivity index (χ0v) is 11.7. The molecule has 2 saturated heterocycles. The summed E-state index contributed by atoms with van der Waals surface area (Å²) in [5.41, 5.74) is 1.15. The average molecular weight is 274 g/mol. The predicted molar refractivity (Wildman–Crippen MR) is 77.3 cm³/mol. The Labute approximate surface area is 119 Å². The van der Waals surface area contributed by atoms with E-state index in [9.17, 15) is 4.79 Å². The summed E-state index contributed by atoms with van der Waals surface area (Å²) < 4.78 is 5.80. The summed E-state index contributed by atoms with van der Waals surface area (Å²) >= 11 is 0. The van der Waals surface area contributed by atoms with Crippen LogP contribution < -0.4 is 10.6 Å². The van der Waals surface area contributed by atoms with Crippen LogP contribution >= 0.6 is 0 Å². The fourth-order valence-corrected chi connectivity index (χ4v) is 3.07. The van der Waals surface area contributed by atoms with E-state index in [1.807, 2.05) is 18.2 Å². The molecule has 2 aliphatic heterocycles. The lowest BCUT2D eigenvalue weighted by Gasteiger charge is -2.26. The average Bonchev–Trinajstić information content (AvgIpc) is 2.97. The number of hydrogen-bond donors (Lipinski definition) is 2. The summed E-state index contributed by atoms with van der Waals surface area (Å²) in [6.07, 6.45) is 4.12. The Bertz CT molecular complexity index is 443. The highest BCUT2D eigenvalue weighted by molar-refractivity contribution is 5.82. The molecule has 1 aromatic rings. The van der Waals surface area contributed by atoms with E-state index in [0.717, 1.165) is 31.4 Å². The van der Waals surface area contributed by atoms with Crippen molar-refractivity contribution < 1.29 is 9.53 Å². The molecule has 0 aliphatic carbocycles. The smallest absolute Gasteiger partial charge is 0.237 e. The Morgan fingerprint density at radius 1 is 1.20 bits per heavy atom. The van der Waals surface area contributed by atoms with Crippen LogP contribution in [0.2, 0.25) is 0 Å². The molecular weight excluding hydrogens is 252 g/mol. The van der Waals surface area contributed by atoms with Gasteiger partial charge in [0.15, 0.2) is 0 Å². The highest BCUT2D eigenvalue weighted by Gasteiger charge is 2.32. The van der Waals surface area contributed by atoms with Crippen LogP contribution in [0.3, 0.4) is 0 Å². The maximum atomic E-state index is 12.3. The summed E-state index contributed by atoms with van der Waals surface area (Å²) in [5.74, 6) is 0.126. The molecule has 0 aromatic heterocycles. The first kappa shape index (κ1) is 13.6. The second-order valence-corrected chi connectivity index (χ2v) is 5.61. The topological polar surface area (TPSA) is 50.4 Å². The number of amides is 1. The molecule has 1 amide bonds. The third-order valence-electron chi connectivity index (χ3n) is 4.17. The number of benzene rings is 1. The molecule has 3 unspecified atom stereocenters. The van der Waals surface area contributed by atoms with E-state index in [4.69, 9.17) is 4.74 Å². The lowest BCUT2D eigenvalue weighted by atomic mass is 10.00. The quantitative estimate of drug-likeness (QED) is 0.883. The molecule has 0 spiro atoms. The minimum absolute atomic E-state index is 0.0104. The molecule has 2 heterocycles. The predicted octanol–water partition coefficient (Wildman–Crippen LogP) is 1.77. The maximum Gasteiger partial charge on any atom is 0.237 e. The van der Waals surface area contributed by atoms with Gasteiger partial charge in [-0.05, 0) is 31.4 Å². The van der Waals surface area contributed by atoms with Crippen molar-refractivity contribution in [3.63, 3.8) is 0 Å². The molecule has 1 aromatic carbocycles. The standard InChI is InChI=1S/C16H22N2O2/c19-16(14-8-4-5-10-17-14)18-13-9-11-20-15(13)12-6-2-1-3-7-12/h1-3,6-7,13-15,17H,4-5,8-11H2,(H,18,19). The van der Waals surface area contributed by atoms with Gasteiger partial charge in [0.05, 0.1) is 12.1 Å². The van der Waals surface area contributed by atoms with E-state index >= 15 is 0 Å². The Hall–Kier alpha value is -1.39. The first-order valence-electron chi connectivity index (χ1n) is 7.55. The van der Waals surface area contributed by atoms with E-state index < -0.39 is 0 Å². The molecule has 4 nitrogen and oxygen atoms in total.